The average molecular weight is 241 g/mol. The van der Waals surface area contributed by atoms with E-state index in [1.54, 1.807) is 12.4 Å². The van der Waals surface area contributed by atoms with Gasteiger partial charge in [-0.2, -0.15) is 0 Å². The molecule has 1 unspecified atom stereocenters. The Bertz CT molecular complexity index is 488. The maximum absolute atomic E-state index is 4.43. The van der Waals surface area contributed by atoms with Crippen LogP contribution in [0, 0.1) is 13.8 Å². The number of nitrogens with one attached hydrogen (secondary N) is 1. The van der Waals surface area contributed by atoms with E-state index in [2.05, 4.69) is 54.3 Å². The van der Waals surface area contributed by atoms with E-state index < -0.39 is 0 Å². The van der Waals surface area contributed by atoms with Gasteiger partial charge in [-0.25, -0.2) is 0 Å². The van der Waals surface area contributed by atoms with Gasteiger partial charge in [-0.15, -0.1) is 0 Å². The highest BCUT2D eigenvalue weighted by Gasteiger charge is 2.18. The molecule has 1 aromatic carbocycles. The lowest BCUT2D eigenvalue weighted by molar-refractivity contribution is 0.607. The van der Waals surface area contributed by atoms with Crippen molar-refractivity contribution in [2.24, 2.45) is 0 Å². The first-order valence-corrected chi connectivity index (χ1v) is 6.29. The molecule has 0 aliphatic heterocycles. The molecule has 0 radical (unpaired) electrons. The number of aryl methyl sites for hydroxylation is 2. The van der Waals surface area contributed by atoms with E-state index in [1.807, 2.05) is 6.20 Å². The van der Waals surface area contributed by atoms with E-state index in [9.17, 15) is 0 Å². The summed E-state index contributed by atoms with van der Waals surface area (Å²) in [5.74, 6) is 0. The Kier molecular flexibility index (Phi) is 4.05. The third-order valence-corrected chi connectivity index (χ3v) is 3.12. The van der Waals surface area contributed by atoms with Gasteiger partial charge < -0.3 is 5.32 Å². The minimum Gasteiger partial charge on any atom is -0.305 e. The Balaban J connectivity index is 2.48. The quantitative estimate of drug-likeness (QED) is 0.894. The minimum atomic E-state index is 0.116. The van der Waals surface area contributed by atoms with Crippen molar-refractivity contribution in [1.29, 1.82) is 0 Å². The zero-order valence-corrected chi connectivity index (χ0v) is 11.1. The van der Waals surface area contributed by atoms with Crippen LogP contribution in [0.25, 0.3) is 0 Å². The van der Waals surface area contributed by atoms with Crippen molar-refractivity contribution in [3.63, 3.8) is 0 Å². The lowest BCUT2D eigenvalue weighted by Crippen LogP contribution is -2.24. The molecule has 2 aromatic rings. The molecule has 2 rings (SSSR count). The van der Waals surface area contributed by atoms with Crippen molar-refractivity contribution >= 4 is 0 Å². The number of aromatic nitrogens is 2. The molecule has 1 heterocycles. The standard InChI is InChI=1S/C15H19N3/c1-4-17-15(13-10-16-8-9-18-13)14-11(2)6-5-7-12(14)3/h5-10,15,17H,4H2,1-3H3. The van der Waals surface area contributed by atoms with Gasteiger partial charge in [0.15, 0.2) is 0 Å². The Morgan fingerprint density at radius 3 is 2.44 bits per heavy atom. The van der Waals surface area contributed by atoms with Crippen LogP contribution < -0.4 is 5.32 Å². The molecule has 1 N–H and O–H groups in total. The third kappa shape index (κ3) is 2.57. The molecule has 3 nitrogen and oxygen atoms in total. The summed E-state index contributed by atoms with van der Waals surface area (Å²) in [5, 5.41) is 3.49. The Morgan fingerprint density at radius 1 is 1.17 bits per heavy atom. The number of hydrogen-bond acceptors (Lipinski definition) is 3. The second-order valence-electron chi connectivity index (χ2n) is 4.43. The van der Waals surface area contributed by atoms with E-state index >= 15 is 0 Å². The molecule has 3 heteroatoms. The summed E-state index contributed by atoms with van der Waals surface area (Å²) >= 11 is 0. The molecule has 0 aliphatic carbocycles. The summed E-state index contributed by atoms with van der Waals surface area (Å²) in [6.45, 7) is 7.29. The van der Waals surface area contributed by atoms with Crippen molar-refractivity contribution in [3.05, 3.63) is 59.2 Å². The molecule has 0 fully saturated rings. The first-order valence-electron chi connectivity index (χ1n) is 6.29. The molecular weight excluding hydrogens is 222 g/mol. The smallest absolute Gasteiger partial charge is 0.0801 e. The van der Waals surface area contributed by atoms with Crippen LogP contribution in [0.1, 0.15) is 35.3 Å². The van der Waals surface area contributed by atoms with E-state index in [1.165, 1.54) is 16.7 Å². The normalized spacial score (nSPS) is 12.4. The fraction of sp³-hybridized carbons (Fsp3) is 0.333. The number of nitrogens with zero attached hydrogens (tertiary/aromatic N) is 2. The third-order valence-electron chi connectivity index (χ3n) is 3.12. The van der Waals surface area contributed by atoms with Gasteiger partial charge in [0.05, 0.1) is 17.9 Å². The summed E-state index contributed by atoms with van der Waals surface area (Å²) in [6.07, 6.45) is 5.28. The topological polar surface area (TPSA) is 37.8 Å². The second kappa shape index (κ2) is 5.74. The molecule has 18 heavy (non-hydrogen) atoms. The Morgan fingerprint density at radius 2 is 1.89 bits per heavy atom. The number of rotatable bonds is 4. The Hall–Kier alpha value is -1.74. The van der Waals surface area contributed by atoms with Crippen molar-refractivity contribution < 1.29 is 0 Å². The van der Waals surface area contributed by atoms with Crippen LogP contribution in [0.2, 0.25) is 0 Å². The van der Waals surface area contributed by atoms with Crippen LogP contribution in [0.5, 0.6) is 0 Å². The predicted octanol–water partition coefficient (Wildman–Crippen LogP) is 2.79. The predicted molar refractivity (Wildman–Crippen MR) is 73.5 cm³/mol. The van der Waals surface area contributed by atoms with E-state index in [4.69, 9.17) is 0 Å². The van der Waals surface area contributed by atoms with Crippen LogP contribution in [0.3, 0.4) is 0 Å². The Labute approximate surface area is 108 Å². The highest BCUT2D eigenvalue weighted by Crippen LogP contribution is 2.26. The molecule has 1 atom stereocenters. The summed E-state index contributed by atoms with van der Waals surface area (Å²) in [4.78, 5) is 8.60. The zero-order valence-electron chi connectivity index (χ0n) is 11.1. The summed E-state index contributed by atoms with van der Waals surface area (Å²) in [6, 6.07) is 6.49. The van der Waals surface area contributed by atoms with Crippen molar-refractivity contribution in [1.82, 2.24) is 15.3 Å². The monoisotopic (exact) mass is 241 g/mol. The second-order valence-corrected chi connectivity index (χ2v) is 4.43. The lowest BCUT2D eigenvalue weighted by Gasteiger charge is -2.21. The van der Waals surface area contributed by atoms with Gasteiger partial charge in [0, 0.05) is 12.4 Å². The van der Waals surface area contributed by atoms with E-state index in [0.717, 1.165) is 12.2 Å². The molecule has 0 saturated carbocycles. The summed E-state index contributed by atoms with van der Waals surface area (Å²) < 4.78 is 0. The van der Waals surface area contributed by atoms with Crippen LogP contribution in [0.15, 0.2) is 36.8 Å². The minimum absolute atomic E-state index is 0.116. The van der Waals surface area contributed by atoms with Crippen LogP contribution in [-0.2, 0) is 0 Å². The van der Waals surface area contributed by atoms with Gasteiger partial charge in [-0.05, 0) is 37.1 Å². The fourth-order valence-electron chi connectivity index (χ4n) is 2.30. The maximum atomic E-state index is 4.43. The lowest BCUT2D eigenvalue weighted by atomic mass is 9.94. The van der Waals surface area contributed by atoms with Gasteiger partial charge in [0.25, 0.3) is 0 Å². The average Bonchev–Trinajstić information content (AvgIpc) is 2.38. The maximum Gasteiger partial charge on any atom is 0.0801 e. The number of benzene rings is 1. The number of hydrogen-bond donors (Lipinski definition) is 1. The van der Waals surface area contributed by atoms with Crippen molar-refractivity contribution in [2.45, 2.75) is 26.8 Å². The van der Waals surface area contributed by atoms with E-state index in [0.29, 0.717) is 0 Å². The van der Waals surface area contributed by atoms with Crippen LogP contribution in [-0.4, -0.2) is 16.5 Å². The highest BCUT2D eigenvalue weighted by atomic mass is 14.9. The molecule has 1 aromatic heterocycles. The van der Waals surface area contributed by atoms with Gasteiger partial charge >= 0.3 is 0 Å². The molecule has 0 spiro atoms. The largest absolute Gasteiger partial charge is 0.305 e. The van der Waals surface area contributed by atoms with Crippen LogP contribution >= 0.6 is 0 Å². The summed E-state index contributed by atoms with van der Waals surface area (Å²) in [5.41, 5.74) is 4.84. The SMILES string of the molecule is CCNC(c1cnccn1)c1c(C)cccc1C. The molecule has 94 valence electrons. The molecule has 0 aliphatic rings. The van der Waals surface area contributed by atoms with E-state index in [-0.39, 0.29) is 6.04 Å². The van der Waals surface area contributed by atoms with Gasteiger partial charge in [-0.1, -0.05) is 25.1 Å². The first-order chi connectivity index (χ1) is 8.74. The highest BCUT2D eigenvalue weighted by molar-refractivity contribution is 5.39. The van der Waals surface area contributed by atoms with Crippen molar-refractivity contribution in [3.8, 4) is 0 Å². The van der Waals surface area contributed by atoms with Gasteiger partial charge in [0.2, 0.25) is 0 Å². The van der Waals surface area contributed by atoms with Gasteiger partial charge in [-0.3, -0.25) is 9.97 Å². The summed E-state index contributed by atoms with van der Waals surface area (Å²) in [7, 11) is 0. The van der Waals surface area contributed by atoms with Gasteiger partial charge in [0.1, 0.15) is 0 Å². The molecule has 0 amide bonds. The first kappa shape index (κ1) is 12.7. The van der Waals surface area contributed by atoms with Crippen LogP contribution in [0.4, 0.5) is 0 Å². The molecule has 0 saturated heterocycles. The molecular formula is C15H19N3. The zero-order chi connectivity index (χ0) is 13.0. The molecule has 0 bridgehead atoms. The van der Waals surface area contributed by atoms with Crippen molar-refractivity contribution in [2.75, 3.05) is 6.54 Å². The fourth-order valence-corrected chi connectivity index (χ4v) is 2.30.